The van der Waals surface area contributed by atoms with Crippen LogP contribution in [-0.4, -0.2) is 44.8 Å². The van der Waals surface area contributed by atoms with Crippen LogP contribution in [0, 0.1) is 0 Å². The lowest BCUT2D eigenvalue weighted by Gasteiger charge is -2.20. The average molecular weight is 431 g/mol. The van der Waals surface area contributed by atoms with Gasteiger partial charge in [0.1, 0.15) is 17.5 Å². The number of rotatable bonds is 5. The van der Waals surface area contributed by atoms with E-state index >= 15 is 0 Å². The molecule has 0 heterocycles. The molecule has 160 valence electrons. The van der Waals surface area contributed by atoms with Gasteiger partial charge in [0.15, 0.2) is 5.78 Å². The first-order valence-electron chi connectivity index (χ1n) is 9.64. The molecule has 4 rings (SSSR count). The molecule has 0 unspecified atom stereocenters. The van der Waals surface area contributed by atoms with Crippen molar-refractivity contribution in [3.05, 3.63) is 94.0 Å². The van der Waals surface area contributed by atoms with E-state index in [-0.39, 0.29) is 34.2 Å². The summed E-state index contributed by atoms with van der Waals surface area (Å²) in [5.74, 6) is -4.47. The molecule has 32 heavy (non-hydrogen) atoms. The van der Waals surface area contributed by atoms with Gasteiger partial charge in [-0.2, -0.15) is 0 Å². The summed E-state index contributed by atoms with van der Waals surface area (Å²) in [7, 11) is 0. The Balaban J connectivity index is 1.67. The van der Waals surface area contributed by atoms with Crippen LogP contribution < -0.4 is 5.32 Å². The van der Waals surface area contributed by atoms with Crippen LogP contribution in [0.15, 0.2) is 60.7 Å². The van der Waals surface area contributed by atoms with Crippen LogP contribution in [0.5, 0.6) is 11.5 Å². The fourth-order valence-electron chi connectivity index (χ4n) is 3.71. The molecule has 3 aromatic rings. The Morgan fingerprint density at radius 3 is 2.19 bits per heavy atom. The number of hydrogen-bond acceptors (Lipinski definition) is 6. The van der Waals surface area contributed by atoms with Gasteiger partial charge in [0.2, 0.25) is 5.78 Å². The standard InChI is InChI=1S/C24H17NO7/c26-17-8-4-7-14-19(17)22(29)20-15(21(14)28)10-13(11-18(20)27)23(30)25-16(24(31)32)9-12-5-2-1-3-6-12/h1-8,10-11,16,26-27H,9H2,(H,25,30)(H,31,32)/t16-/m0/s1. The highest BCUT2D eigenvalue weighted by Gasteiger charge is 2.35. The fraction of sp³-hybridized carbons (Fsp3) is 0.0833. The van der Waals surface area contributed by atoms with Gasteiger partial charge in [0.25, 0.3) is 5.91 Å². The van der Waals surface area contributed by atoms with Crippen molar-refractivity contribution in [1.29, 1.82) is 0 Å². The summed E-state index contributed by atoms with van der Waals surface area (Å²) in [5, 5.41) is 32.3. The van der Waals surface area contributed by atoms with Crippen molar-refractivity contribution >= 4 is 23.4 Å². The van der Waals surface area contributed by atoms with Gasteiger partial charge in [-0.05, 0) is 23.8 Å². The molecule has 1 aliphatic rings. The lowest BCUT2D eigenvalue weighted by molar-refractivity contribution is -0.139. The maximum atomic E-state index is 12.9. The number of phenolic OH excluding ortho intramolecular Hbond substituents is 2. The Morgan fingerprint density at radius 2 is 1.50 bits per heavy atom. The molecular formula is C24H17NO7. The topological polar surface area (TPSA) is 141 Å². The number of carbonyl (C=O) groups excluding carboxylic acids is 3. The number of hydrogen-bond donors (Lipinski definition) is 4. The van der Waals surface area contributed by atoms with Crippen molar-refractivity contribution in [2.45, 2.75) is 12.5 Å². The summed E-state index contributed by atoms with van der Waals surface area (Å²) in [5.41, 5.74) is -0.262. The number of aliphatic carboxylic acids is 1. The summed E-state index contributed by atoms with van der Waals surface area (Å²) < 4.78 is 0. The van der Waals surface area contributed by atoms with Crippen LogP contribution in [-0.2, 0) is 11.2 Å². The molecule has 3 aromatic carbocycles. The number of carboxylic acids is 1. The molecule has 4 N–H and O–H groups in total. The number of phenols is 2. The lowest BCUT2D eigenvalue weighted by atomic mass is 9.82. The van der Waals surface area contributed by atoms with Gasteiger partial charge in [-0.25, -0.2) is 4.79 Å². The van der Waals surface area contributed by atoms with E-state index in [4.69, 9.17) is 0 Å². The summed E-state index contributed by atoms with van der Waals surface area (Å²) in [6.07, 6.45) is 0.0307. The molecule has 0 aliphatic heterocycles. The number of nitrogens with one attached hydrogen (secondary N) is 1. The Hall–Kier alpha value is -4.46. The second kappa shape index (κ2) is 7.99. The molecule has 1 atom stereocenters. The molecule has 0 saturated carbocycles. The van der Waals surface area contributed by atoms with Crippen LogP contribution >= 0.6 is 0 Å². The van der Waals surface area contributed by atoms with E-state index in [0.717, 1.165) is 12.1 Å². The molecule has 1 amide bonds. The predicted octanol–water partition coefficient (Wildman–Crippen LogP) is 2.30. The third kappa shape index (κ3) is 3.58. The van der Waals surface area contributed by atoms with E-state index in [0.29, 0.717) is 5.56 Å². The molecule has 0 spiro atoms. The number of ketones is 2. The Labute approximate surface area is 181 Å². The fourth-order valence-corrected chi connectivity index (χ4v) is 3.71. The van der Waals surface area contributed by atoms with E-state index in [1.165, 1.54) is 18.2 Å². The van der Waals surface area contributed by atoms with Crippen molar-refractivity contribution in [2.75, 3.05) is 0 Å². The minimum atomic E-state index is -1.25. The molecule has 8 heteroatoms. The minimum absolute atomic E-state index is 0.0307. The Kier molecular flexibility index (Phi) is 5.19. The van der Waals surface area contributed by atoms with Crippen molar-refractivity contribution in [3.63, 3.8) is 0 Å². The quantitative estimate of drug-likeness (QED) is 0.380. The first kappa shape index (κ1) is 20.8. The molecule has 0 fully saturated rings. The van der Waals surface area contributed by atoms with E-state index in [1.54, 1.807) is 30.3 Å². The summed E-state index contributed by atoms with van der Waals surface area (Å²) >= 11 is 0. The maximum absolute atomic E-state index is 12.9. The molecule has 0 aromatic heterocycles. The summed E-state index contributed by atoms with van der Waals surface area (Å²) in [6, 6.07) is 13.6. The van der Waals surface area contributed by atoms with Crippen LogP contribution in [0.25, 0.3) is 0 Å². The van der Waals surface area contributed by atoms with Gasteiger partial charge >= 0.3 is 5.97 Å². The zero-order chi connectivity index (χ0) is 23.0. The predicted molar refractivity (Wildman–Crippen MR) is 112 cm³/mol. The molecule has 0 saturated heterocycles. The molecular weight excluding hydrogens is 414 g/mol. The Bertz CT molecular complexity index is 1280. The second-order valence-corrected chi connectivity index (χ2v) is 7.33. The Morgan fingerprint density at radius 1 is 0.812 bits per heavy atom. The molecule has 8 nitrogen and oxygen atoms in total. The first-order valence-corrected chi connectivity index (χ1v) is 9.64. The zero-order valence-electron chi connectivity index (χ0n) is 16.5. The largest absolute Gasteiger partial charge is 0.507 e. The van der Waals surface area contributed by atoms with Gasteiger partial charge in [-0.3, -0.25) is 14.4 Å². The van der Waals surface area contributed by atoms with Crippen LogP contribution in [0.3, 0.4) is 0 Å². The van der Waals surface area contributed by atoms with Gasteiger partial charge in [-0.1, -0.05) is 42.5 Å². The van der Waals surface area contributed by atoms with E-state index in [9.17, 15) is 34.5 Å². The summed E-state index contributed by atoms with van der Waals surface area (Å²) in [6.45, 7) is 0. The van der Waals surface area contributed by atoms with Crippen LogP contribution in [0.2, 0.25) is 0 Å². The zero-order valence-corrected chi connectivity index (χ0v) is 16.5. The number of benzene rings is 3. The van der Waals surface area contributed by atoms with Crippen molar-refractivity contribution in [3.8, 4) is 11.5 Å². The van der Waals surface area contributed by atoms with Crippen molar-refractivity contribution < 1.29 is 34.5 Å². The lowest BCUT2D eigenvalue weighted by Crippen LogP contribution is -2.42. The van der Waals surface area contributed by atoms with Crippen LogP contribution in [0.4, 0.5) is 0 Å². The van der Waals surface area contributed by atoms with E-state index in [2.05, 4.69) is 5.32 Å². The SMILES string of the molecule is O=C(N[C@@H](Cc1ccccc1)C(=O)O)c1cc(O)c2c(c1)C(=O)c1cccc(O)c1C2=O. The van der Waals surface area contributed by atoms with E-state index in [1.807, 2.05) is 0 Å². The number of aromatic hydroxyl groups is 2. The third-order valence-corrected chi connectivity index (χ3v) is 5.25. The van der Waals surface area contributed by atoms with Gasteiger partial charge < -0.3 is 20.6 Å². The number of carboxylic acid groups (broad SMARTS) is 1. The van der Waals surface area contributed by atoms with Gasteiger partial charge in [0.05, 0.1) is 11.1 Å². The average Bonchev–Trinajstić information content (AvgIpc) is 2.77. The van der Waals surface area contributed by atoms with Crippen LogP contribution in [0.1, 0.15) is 47.8 Å². The first-order chi connectivity index (χ1) is 15.3. The molecule has 0 bridgehead atoms. The number of amides is 1. The summed E-state index contributed by atoms with van der Waals surface area (Å²) in [4.78, 5) is 50.1. The van der Waals surface area contributed by atoms with Gasteiger partial charge in [-0.15, -0.1) is 0 Å². The molecule has 0 radical (unpaired) electrons. The highest BCUT2D eigenvalue weighted by atomic mass is 16.4. The number of fused-ring (bicyclic) bond motifs is 2. The number of carbonyl (C=O) groups is 4. The smallest absolute Gasteiger partial charge is 0.326 e. The monoisotopic (exact) mass is 431 g/mol. The van der Waals surface area contributed by atoms with Crippen molar-refractivity contribution in [2.24, 2.45) is 0 Å². The molecule has 1 aliphatic carbocycles. The third-order valence-electron chi connectivity index (χ3n) is 5.25. The highest BCUT2D eigenvalue weighted by Crippen LogP contribution is 2.37. The van der Waals surface area contributed by atoms with E-state index < -0.39 is 41.0 Å². The maximum Gasteiger partial charge on any atom is 0.326 e. The highest BCUT2D eigenvalue weighted by molar-refractivity contribution is 6.30. The minimum Gasteiger partial charge on any atom is -0.507 e. The second-order valence-electron chi connectivity index (χ2n) is 7.33. The van der Waals surface area contributed by atoms with Crippen molar-refractivity contribution in [1.82, 2.24) is 5.32 Å². The van der Waals surface area contributed by atoms with Gasteiger partial charge in [0, 0.05) is 23.1 Å². The normalized spacial score (nSPS) is 13.1.